The molecule has 3 nitrogen and oxygen atoms in total. The van der Waals surface area contributed by atoms with E-state index in [0.29, 0.717) is 17.6 Å². The standard InChI is InChI=1S/C20H32O3/c1-12-17-7-5-15-11-16(22)6-8-18(15)19(17)9-10-20(12,4)13(2)23-14(3)21/h12-13,15,17-19H,5-11H2,1-4H3/t12?,13-,15-,17-,18-,19-,20-/m0/s1. The Kier molecular flexibility index (Phi) is 4.59. The molecule has 3 fully saturated rings. The van der Waals surface area contributed by atoms with Crippen LogP contribution in [-0.4, -0.2) is 17.9 Å². The van der Waals surface area contributed by atoms with Gasteiger partial charge in [0.05, 0.1) is 0 Å². The quantitative estimate of drug-likeness (QED) is 0.709. The summed E-state index contributed by atoms with van der Waals surface area (Å²) in [6, 6.07) is 0. The number of Topliss-reactive ketones (excluding diaryl/α,β-unsaturated/α-hetero) is 1. The monoisotopic (exact) mass is 320 g/mol. The van der Waals surface area contributed by atoms with Gasteiger partial charge in [-0.15, -0.1) is 0 Å². The van der Waals surface area contributed by atoms with Crippen molar-refractivity contribution in [1.29, 1.82) is 0 Å². The Morgan fingerprint density at radius 2 is 1.91 bits per heavy atom. The minimum atomic E-state index is -0.164. The second-order valence-electron chi connectivity index (χ2n) is 8.70. The third-order valence-electron chi connectivity index (χ3n) is 7.79. The molecule has 0 heterocycles. The van der Waals surface area contributed by atoms with Crippen molar-refractivity contribution in [3.8, 4) is 0 Å². The molecule has 1 unspecified atom stereocenters. The van der Waals surface area contributed by atoms with Crippen molar-refractivity contribution in [1.82, 2.24) is 0 Å². The van der Waals surface area contributed by atoms with Gasteiger partial charge in [-0.25, -0.2) is 0 Å². The molecule has 23 heavy (non-hydrogen) atoms. The Morgan fingerprint density at radius 3 is 2.61 bits per heavy atom. The summed E-state index contributed by atoms with van der Waals surface area (Å²) in [5.41, 5.74) is 0.0875. The number of esters is 1. The summed E-state index contributed by atoms with van der Waals surface area (Å²) >= 11 is 0. The molecule has 7 atom stereocenters. The number of ketones is 1. The van der Waals surface area contributed by atoms with Crippen molar-refractivity contribution in [3.63, 3.8) is 0 Å². The van der Waals surface area contributed by atoms with E-state index in [1.165, 1.54) is 26.2 Å². The van der Waals surface area contributed by atoms with Gasteiger partial charge in [-0.05, 0) is 68.6 Å². The lowest BCUT2D eigenvalue weighted by Gasteiger charge is -2.56. The van der Waals surface area contributed by atoms with Crippen LogP contribution in [0.25, 0.3) is 0 Å². The fourth-order valence-electron chi connectivity index (χ4n) is 6.13. The molecule has 0 bridgehead atoms. The van der Waals surface area contributed by atoms with Crippen LogP contribution in [0.5, 0.6) is 0 Å². The molecular formula is C20H32O3. The zero-order chi connectivity index (χ0) is 16.8. The van der Waals surface area contributed by atoms with Crippen molar-refractivity contribution < 1.29 is 14.3 Å². The van der Waals surface area contributed by atoms with E-state index < -0.39 is 0 Å². The van der Waals surface area contributed by atoms with Gasteiger partial charge >= 0.3 is 5.97 Å². The highest BCUT2D eigenvalue weighted by atomic mass is 16.5. The maximum absolute atomic E-state index is 11.8. The van der Waals surface area contributed by atoms with Crippen molar-refractivity contribution >= 4 is 11.8 Å². The fourth-order valence-corrected chi connectivity index (χ4v) is 6.13. The summed E-state index contributed by atoms with van der Waals surface area (Å²) < 4.78 is 5.58. The lowest BCUT2D eigenvalue weighted by Crippen LogP contribution is -2.52. The summed E-state index contributed by atoms with van der Waals surface area (Å²) in [6.45, 7) is 8.28. The molecule has 3 aliphatic carbocycles. The first kappa shape index (κ1) is 17.0. The van der Waals surface area contributed by atoms with Gasteiger partial charge in [-0.2, -0.15) is 0 Å². The van der Waals surface area contributed by atoms with Crippen LogP contribution in [0.2, 0.25) is 0 Å². The fraction of sp³-hybridized carbons (Fsp3) is 0.900. The normalized spacial score (nSPS) is 44.9. The number of carbonyl (C=O) groups excluding carboxylic acids is 2. The average Bonchev–Trinajstić information content (AvgIpc) is 2.49. The molecule has 0 aromatic carbocycles. The van der Waals surface area contributed by atoms with Crippen LogP contribution in [0.3, 0.4) is 0 Å². The molecule has 0 aromatic heterocycles. The molecule has 0 saturated heterocycles. The summed E-state index contributed by atoms with van der Waals surface area (Å²) in [7, 11) is 0. The third-order valence-corrected chi connectivity index (χ3v) is 7.79. The predicted molar refractivity (Wildman–Crippen MR) is 89.8 cm³/mol. The largest absolute Gasteiger partial charge is 0.462 e. The molecule has 0 aromatic rings. The average molecular weight is 320 g/mol. The van der Waals surface area contributed by atoms with Crippen molar-refractivity contribution in [2.75, 3.05) is 0 Å². The van der Waals surface area contributed by atoms with E-state index in [2.05, 4.69) is 20.8 Å². The zero-order valence-electron chi connectivity index (χ0n) is 15.1. The SMILES string of the molecule is CC(=O)O[C@@H](C)[C@@]1(C)CC[C@@H]2[C@H]3CCC(=O)C[C@@H]3CC[C@H]2C1C. The summed E-state index contributed by atoms with van der Waals surface area (Å²) in [5, 5.41) is 0. The minimum Gasteiger partial charge on any atom is -0.462 e. The van der Waals surface area contributed by atoms with Gasteiger partial charge in [0.1, 0.15) is 11.9 Å². The highest BCUT2D eigenvalue weighted by Crippen LogP contribution is 2.58. The van der Waals surface area contributed by atoms with Crippen molar-refractivity contribution in [2.24, 2.45) is 35.0 Å². The number of hydrogen-bond acceptors (Lipinski definition) is 3. The van der Waals surface area contributed by atoms with E-state index in [9.17, 15) is 9.59 Å². The number of fused-ring (bicyclic) bond motifs is 3. The first-order valence-electron chi connectivity index (χ1n) is 9.52. The second-order valence-corrected chi connectivity index (χ2v) is 8.70. The molecular weight excluding hydrogens is 288 g/mol. The number of hydrogen-bond donors (Lipinski definition) is 0. The van der Waals surface area contributed by atoms with Gasteiger partial charge in [-0.3, -0.25) is 9.59 Å². The molecule has 0 aliphatic heterocycles. The molecule has 3 heteroatoms. The highest BCUT2D eigenvalue weighted by Gasteiger charge is 2.52. The molecule has 0 amide bonds. The van der Waals surface area contributed by atoms with Gasteiger partial charge in [0, 0.05) is 25.2 Å². The van der Waals surface area contributed by atoms with Crippen LogP contribution < -0.4 is 0 Å². The molecule has 0 radical (unpaired) electrons. The van der Waals surface area contributed by atoms with Gasteiger partial charge < -0.3 is 4.74 Å². The first-order chi connectivity index (χ1) is 10.8. The van der Waals surface area contributed by atoms with E-state index in [-0.39, 0.29) is 17.5 Å². The van der Waals surface area contributed by atoms with Gasteiger partial charge in [0.15, 0.2) is 0 Å². The van der Waals surface area contributed by atoms with Crippen LogP contribution in [0.1, 0.15) is 72.6 Å². The molecule has 3 aliphatic rings. The van der Waals surface area contributed by atoms with Crippen molar-refractivity contribution in [3.05, 3.63) is 0 Å². The van der Waals surface area contributed by atoms with Crippen LogP contribution in [0, 0.1) is 35.0 Å². The van der Waals surface area contributed by atoms with E-state index >= 15 is 0 Å². The molecule has 0 spiro atoms. The number of rotatable bonds is 2. The molecule has 3 saturated carbocycles. The Hall–Kier alpha value is -0.860. The smallest absolute Gasteiger partial charge is 0.302 e. The van der Waals surface area contributed by atoms with E-state index in [4.69, 9.17) is 4.74 Å². The summed E-state index contributed by atoms with van der Waals surface area (Å²) in [6.07, 6.45) is 7.61. The molecule has 0 N–H and O–H groups in total. The van der Waals surface area contributed by atoms with E-state index in [1.54, 1.807) is 0 Å². The van der Waals surface area contributed by atoms with Gasteiger partial charge in [-0.1, -0.05) is 13.8 Å². The summed E-state index contributed by atoms with van der Waals surface area (Å²) in [5.74, 6) is 3.84. The van der Waals surface area contributed by atoms with Gasteiger partial charge in [0.25, 0.3) is 0 Å². The van der Waals surface area contributed by atoms with Crippen molar-refractivity contribution in [2.45, 2.75) is 78.7 Å². The van der Waals surface area contributed by atoms with E-state index in [1.807, 2.05) is 0 Å². The third kappa shape index (κ3) is 2.96. The van der Waals surface area contributed by atoms with E-state index in [0.717, 1.165) is 43.4 Å². The van der Waals surface area contributed by atoms with Crippen LogP contribution in [0.4, 0.5) is 0 Å². The highest BCUT2D eigenvalue weighted by molar-refractivity contribution is 5.79. The zero-order valence-corrected chi connectivity index (χ0v) is 15.1. The first-order valence-corrected chi connectivity index (χ1v) is 9.52. The maximum Gasteiger partial charge on any atom is 0.302 e. The topological polar surface area (TPSA) is 43.4 Å². The Bertz CT molecular complexity index is 485. The maximum atomic E-state index is 11.8. The molecule has 130 valence electrons. The lowest BCUT2D eigenvalue weighted by molar-refractivity contribution is -0.162. The summed E-state index contributed by atoms with van der Waals surface area (Å²) in [4.78, 5) is 23.2. The predicted octanol–water partition coefficient (Wildman–Crippen LogP) is 4.39. The second kappa shape index (κ2) is 6.22. The van der Waals surface area contributed by atoms with Crippen LogP contribution >= 0.6 is 0 Å². The Morgan fingerprint density at radius 1 is 1.17 bits per heavy atom. The van der Waals surface area contributed by atoms with Crippen LogP contribution in [0.15, 0.2) is 0 Å². The van der Waals surface area contributed by atoms with Crippen LogP contribution in [-0.2, 0) is 14.3 Å². The lowest BCUT2D eigenvalue weighted by atomic mass is 9.49. The number of ether oxygens (including phenoxy) is 1. The Balaban J connectivity index is 1.75. The Labute approximate surface area is 140 Å². The number of carbonyl (C=O) groups is 2. The minimum absolute atomic E-state index is 0.0124. The molecule has 3 rings (SSSR count). The van der Waals surface area contributed by atoms with Gasteiger partial charge in [0.2, 0.25) is 0 Å².